The lowest BCUT2D eigenvalue weighted by Gasteiger charge is -2.21. The van der Waals surface area contributed by atoms with Crippen LogP contribution in [0.4, 0.5) is 0 Å². The first-order valence-corrected chi connectivity index (χ1v) is 7.07. The van der Waals surface area contributed by atoms with E-state index in [0.29, 0.717) is 18.9 Å². The summed E-state index contributed by atoms with van der Waals surface area (Å²) in [4.78, 5) is 19.1. The van der Waals surface area contributed by atoms with Gasteiger partial charge in [0.15, 0.2) is 0 Å². The maximum Gasteiger partial charge on any atom is 0.469 e. The molecule has 0 aromatic rings. The molecule has 0 atom stereocenters. The Morgan fingerprint density at radius 3 is 2.50 bits per heavy atom. The van der Waals surface area contributed by atoms with E-state index in [1.165, 1.54) is 12.8 Å². The van der Waals surface area contributed by atoms with Crippen molar-refractivity contribution in [1.82, 2.24) is 4.90 Å². The Bertz CT molecular complexity index is 240. The fourth-order valence-corrected chi connectivity index (χ4v) is 1.86. The van der Waals surface area contributed by atoms with Crippen molar-refractivity contribution in [2.24, 2.45) is 5.92 Å². The van der Waals surface area contributed by atoms with E-state index in [1.54, 1.807) is 0 Å². The zero-order valence-corrected chi connectivity index (χ0v) is 10.2. The maximum atomic E-state index is 10.5. The molecule has 16 heavy (non-hydrogen) atoms. The second kappa shape index (κ2) is 6.69. The normalized spacial score (nSPS) is 17.0. The lowest BCUT2D eigenvalue weighted by Crippen LogP contribution is -2.31. The summed E-state index contributed by atoms with van der Waals surface area (Å²) in [7, 11) is -4.34. The molecule has 7 heteroatoms. The quantitative estimate of drug-likeness (QED) is 0.508. The van der Waals surface area contributed by atoms with E-state index in [1.807, 2.05) is 0 Å². The van der Waals surface area contributed by atoms with Gasteiger partial charge < -0.3 is 19.8 Å². The molecular formula is C9H20NO5P. The molecule has 3 N–H and O–H groups in total. The molecular weight excluding hydrogens is 233 g/mol. The van der Waals surface area contributed by atoms with E-state index in [4.69, 9.17) is 14.9 Å². The van der Waals surface area contributed by atoms with E-state index in [0.717, 1.165) is 13.1 Å². The monoisotopic (exact) mass is 253 g/mol. The van der Waals surface area contributed by atoms with Crippen LogP contribution < -0.4 is 0 Å². The predicted molar refractivity (Wildman–Crippen MR) is 58.9 cm³/mol. The number of rotatable bonds is 9. The highest BCUT2D eigenvalue weighted by Gasteiger charge is 2.24. The highest BCUT2D eigenvalue weighted by atomic mass is 31.2. The Balaban J connectivity index is 2.17. The summed E-state index contributed by atoms with van der Waals surface area (Å²) in [5, 5.41) is 8.74. The molecule has 1 aliphatic rings. The first kappa shape index (κ1) is 14.1. The van der Waals surface area contributed by atoms with Gasteiger partial charge in [-0.15, -0.1) is 0 Å². The number of aliphatic hydroxyl groups is 1. The molecule has 1 fully saturated rings. The van der Waals surface area contributed by atoms with Gasteiger partial charge in [-0.25, -0.2) is 4.57 Å². The van der Waals surface area contributed by atoms with Crippen LogP contribution in [0.1, 0.15) is 19.3 Å². The lowest BCUT2D eigenvalue weighted by molar-refractivity contribution is 0.151. The third-order valence-corrected chi connectivity index (χ3v) is 3.03. The first-order chi connectivity index (χ1) is 7.51. The Kier molecular flexibility index (Phi) is 5.89. The maximum absolute atomic E-state index is 10.5. The average molecular weight is 253 g/mol. The van der Waals surface area contributed by atoms with Gasteiger partial charge in [0.1, 0.15) is 0 Å². The van der Waals surface area contributed by atoms with Crippen LogP contribution in [-0.2, 0) is 9.09 Å². The van der Waals surface area contributed by atoms with Crippen LogP contribution in [0, 0.1) is 5.92 Å². The summed E-state index contributed by atoms with van der Waals surface area (Å²) >= 11 is 0. The molecule has 0 unspecified atom stereocenters. The van der Waals surface area contributed by atoms with Gasteiger partial charge in [0.25, 0.3) is 0 Å². The van der Waals surface area contributed by atoms with Crippen molar-refractivity contribution in [3.8, 4) is 0 Å². The fourth-order valence-electron chi connectivity index (χ4n) is 1.54. The van der Waals surface area contributed by atoms with Gasteiger partial charge in [-0.05, 0) is 25.2 Å². The van der Waals surface area contributed by atoms with Gasteiger partial charge in [0.2, 0.25) is 0 Å². The standard InChI is InChI=1S/C9H20NO5P/c11-6-1-4-10(8-9-2-3-9)5-7-15-16(12,13)14/h9,11H,1-8H2,(H2,12,13,14). The van der Waals surface area contributed by atoms with E-state index in [-0.39, 0.29) is 13.2 Å². The van der Waals surface area contributed by atoms with Crippen LogP contribution in [0.5, 0.6) is 0 Å². The van der Waals surface area contributed by atoms with Gasteiger partial charge >= 0.3 is 7.82 Å². The summed E-state index contributed by atoms with van der Waals surface area (Å²) in [6, 6.07) is 0. The third kappa shape index (κ3) is 7.33. The van der Waals surface area contributed by atoms with Crippen LogP contribution in [0.2, 0.25) is 0 Å². The SMILES string of the molecule is O=P(O)(O)OCCN(CCCO)CC1CC1. The van der Waals surface area contributed by atoms with Crippen molar-refractivity contribution in [1.29, 1.82) is 0 Å². The van der Waals surface area contributed by atoms with Crippen LogP contribution in [-0.4, -0.2) is 52.6 Å². The molecule has 0 radical (unpaired) electrons. The second-order valence-corrected chi connectivity index (χ2v) is 5.38. The van der Waals surface area contributed by atoms with Crippen LogP contribution in [0.3, 0.4) is 0 Å². The van der Waals surface area contributed by atoms with Crippen molar-refractivity contribution in [2.45, 2.75) is 19.3 Å². The van der Waals surface area contributed by atoms with Gasteiger partial charge in [0.05, 0.1) is 6.61 Å². The molecule has 0 amide bonds. The number of phosphoric ester groups is 1. The van der Waals surface area contributed by atoms with E-state index in [9.17, 15) is 4.57 Å². The Labute approximate surface area is 95.5 Å². The summed E-state index contributed by atoms with van der Waals surface area (Å²) < 4.78 is 14.9. The molecule has 0 aliphatic heterocycles. The summed E-state index contributed by atoms with van der Waals surface area (Å²) in [5.41, 5.74) is 0. The van der Waals surface area contributed by atoms with Crippen molar-refractivity contribution in [2.75, 3.05) is 32.8 Å². The first-order valence-electron chi connectivity index (χ1n) is 5.54. The summed E-state index contributed by atoms with van der Waals surface area (Å²) in [6.45, 7) is 2.35. The minimum absolute atomic E-state index is 0.0302. The Morgan fingerprint density at radius 1 is 1.31 bits per heavy atom. The zero-order valence-electron chi connectivity index (χ0n) is 9.29. The van der Waals surface area contributed by atoms with E-state index < -0.39 is 7.82 Å². The molecule has 1 rings (SSSR count). The molecule has 0 bridgehead atoms. The largest absolute Gasteiger partial charge is 0.469 e. The third-order valence-electron chi connectivity index (χ3n) is 2.51. The molecule has 0 aromatic heterocycles. The minimum Gasteiger partial charge on any atom is -0.396 e. The van der Waals surface area contributed by atoms with Gasteiger partial charge in [-0.2, -0.15) is 0 Å². The molecule has 6 nitrogen and oxygen atoms in total. The number of phosphoric acid groups is 1. The lowest BCUT2D eigenvalue weighted by atomic mass is 10.3. The molecule has 0 saturated heterocycles. The molecule has 1 aliphatic carbocycles. The van der Waals surface area contributed by atoms with Gasteiger partial charge in [0, 0.05) is 26.2 Å². The van der Waals surface area contributed by atoms with Gasteiger partial charge in [-0.1, -0.05) is 0 Å². The number of nitrogens with zero attached hydrogens (tertiary/aromatic N) is 1. The highest BCUT2D eigenvalue weighted by Crippen LogP contribution is 2.35. The second-order valence-electron chi connectivity index (χ2n) is 4.14. The fraction of sp³-hybridized carbons (Fsp3) is 1.00. The molecule has 96 valence electrons. The van der Waals surface area contributed by atoms with Crippen LogP contribution in [0.15, 0.2) is 0 Å². The Hall–Kier alpha value is 0.0300. The molecule has 1 saturated carbocycles. The van der Waals surface area contributed by atoms with E-state index in [2.05, 4.69) is 9.42 Å². The topological polar surface area (TPSA) is 90.2 Å². The van der Waals surface area contributed by atoms with Crippen molar-refractivity contribution in [3.63, 3.8) is 0 Å². The zero-order chi connectivity index (χ0) is 12.0. The number of hydrogen-bond acceptors (Lipinski definition) is 4. The van der Waals surface area contributed by atoms with Gasteiger partial charge in [-0.3, -0.25) is 4.52 Å². The van der Waals surface area contributed by atoms with Crippen molar-refractivity contribution in [3.05, 3.63) is 0 Å². The molecule has 0 spiro atoms. The minimum atomic E-state index is -4.34. The summed E-state index contributed by atoms with van der Waals surface area (Å²) in [6.07, 6.45) is 3.15. The Morgan fingerprint density at radius 2 is 2.00 bits per heavy atom. The predicted octanol–water partition coefficient (Wildman–Crippen LogP) is 0.190. The van der Waals surface area contributed by atoms with Crippen molar-refractivity contribution < 1.29 is 24.0 Å². The molecule has 0 aromatic carbocycles. The van der Waals surface area contributed by atoms with Crippen molar-refractivity contribution >= 4 is 7.82 Å². The number of aliphatic hydroxyl groups excluding tert-OH is 1. The molecule has 0 heterocycles. The smallest absolute Gasteiger partial charge is 0.396 e. The number of hydrogen-bond donors (Lipinski definition) is 3. The van der Waals surface area contributed by atoms with Crippen LogP contribution in [0.25, 0.3) is 0 Å². The average Bonchev–Trinajstić information content (AvgIpc) is 2.95. The van der Waals surface area contributed by atoms with E-state index >= 15 is 0 Å². The highest BCUT2D eigenvalue weighted by molar-refractivity contribution is 7.46. The summed E-state index contributed by atoms with van der Waals surface area (Å²) in [5.74, 6) is 0.716. The van der Waals surface area contributed by atoms with Crippen LogP contribution >= 0.6 is 7.82 Å².